The average Bonchev–Trinajstić information content (AvgIpc) is 2.89. The minimum absolute atomic E-state index is 0.0341. The Morgan fingerprint density at radius 3 is 2.94 bits per heavy atom. The average molecular weight is 249 g/mol. The number of hydrogen-bond acceptors (Lipinski definition) is 4. The van der Waals surface area contributed by atoms with Gasteiger partial charge in [0.15, 0.2) is 0 Å². The lowest BCUT2D eigenvalue weighted by Gasteiger charge is -2.12. The third kappa shape index (κ3) is 3.20. The van der Waals surface area contributed by atoms with Crippen LogP contribution in [0.1, 0.15) is 23.2 Å². The number of ether oxygens (including phenoxy) is 1. The summed E-state index contributed by atoms with van der Waals surface area (Å²) in [6.07, 6.45) is 4.12. The van der Waals surface area contributed by atoms with Crippen LogP contribution < -0.4 is 5.32 Å². The van der Waals surface area contributed by atoms with Crippen LogP contribution in [0, 0.1) is 0 Å². The third-order valence-electron chi connectivity index (χ3n) is 2.95. The molecule has 2 rings (SSSR count). The van der Waals surface area contributed by atoms with E-state index in [-0.39, 0.29) is 12.0 Å². The van der Waals surface area contributed by atoms with Gasteiger partial charge in [0.25, 0.3) is 5.91 Å². The summed E-state index contributed by atoms with van der Waals surface area (Å²) in [7, 11) is 3.46. The highest BCUT2D eigenvalue weighted by Crippen LogP contribution is 2.13. The third-order valence-corrected chi connectivity index (χ3v) is 2.95. The molecule has 0 aliphatic carbocycles. The van der Waals surface area contributed by atoms with Gasteiger partial charge in [-0.05, 0) is 25.0 Å². The maximum Gasteiger partial charge on any atom is 0.254 e. The minimum atomic E-state index is -0.0341. The van der Waals surface area contributed by atoms with E-state index >= 15 is 0 Å². The maximum atomic E-state index is 11.7. The predicted molar refractivity (Wildman–Crippen MR) is 69.7 cm³/mol. The Kier molecular flexibility index (Phi) is 4.15. The molecule has 5 nitrogen and oxygen atoms in total. The summed E-state index contributed by atoms with van der Waals surface area (Å²) in [5.41, 5.74) is 0.600. The van der Waals surface area contributed by atoms with Crippen molar-refractivity contribution in [3.8, 4) is 0 Å². The van der Waals surface area contributed by atoms with Gasteiger partial charge in [0.2, 0.25) is 0 Å². The number of carbonyl (C=O) groups excluding carboxylic acids is 1. The zero-order chi connectivity index (χ0) is 13.0. The van der Waals surface area contributed by atoms with Gasteiger partial charge in [-0.2, -0.15) is 0 Å². The van der Waals surface area contributed by atoms with Crippen molar-refractivity contribution < 1.29 is 9.53 Å². The molecule has 1 atom stereocenters. The molecular weight excluding hydrogens is 230 g/mol. The second-order valence-corrected chi connectivity index (χ2v) is 4.65. The van der Waals surface area contributed by atoms with Gasteiger partial charge in [0.1, 0.15) is 5.82 Å². The van der Waals surface area contributed by atoms with Gasteiger partial charge in [0.05, 0.1) is 11.7 Å². The van der Waals surface area contributed by atoms with Crippen molar-refractivity contribution in [3.63, 3.8) is 0 Å². The molecule has 2 heterocycles. The van der Waals surface area contributed by atoms with Crippen LogP contribution in [0.5, 0.6) is 0 Å². The lowest BCUT2D eigenvalue weighted by atomic mass is 10.2. The number of nitrogens with zero attached hydrogens (tertiary/aromatic N) is 2. The monoisotopic (exact) mass is 249 g/mol. The molecule has 1 amide bonds. The van der Waals surface area contributed by atoms with Crippen molar-refractivity contribution in [2.45, 2.75) is 18.9 Å². The Bertz CT molecular complexity index is 397. The van der Waals surface area contributed by atoms with Crippen LogP contribution in [0.2, 0.25) is 0 Å². The lowest BCUT2D eigenvalue weighted by Crippen LogP contribution is -2.22. The number of amides is 1. The van der Waals surface area contributed by atoms with E-state index in [9.17, 15) is 4.79 Å². The topological polar surface area (TPSA) is 54.5 Å². The van der Waals surface area contributed by atoms with E-state index in [2.05, 4.69) is 10.3 Å². The van der Waals surface area contributed by atoms with E-state index in [1.54, 1.807) is 26.4 Å². The number of anilines is 1. The van der Waals surface area contributed by atoms with E-state index in [0.29, 0.717) is 5.56 Å². The molecule has 0 radical (unpaired) electrons. The highest BCUT2D eigenvalue weighted by atomic mass is 16.5. The molecule has 1 N–H and O–H groups in total. The van der Waals surface area contributed by atoms with Crippen molar-refractivity contribution in [1.82, 2.24) is 9.88 Å². The van der Waals surface area contributed by atoms with Crippen LogP contribution in [0.25, 0.3) is 0 Å². The Morgan fingerprint density at radius 1 is 1.56 bits per heavy atom. The fourth-order valence-electron chi connectivity index (χ4n) is 1.91. The van der Waals surface area contributed by atoms with Gasteiger partial charge in [-0.3, -0.25) is 4.79 Å². The fraction of sp³-hybridized carbons (Fsp3) is 0.538. The highest BCUT2D eigenvalue weighted by molar-refractivity contribution is 5.93. The van der Waals surface area contributed by atoms with Gasteiger partial charge < -0.3 is 15.0 Å². The van der Waals surface area contributed by atoms with Crippen molar-refractivity contribution >= 4 is 11.7 Å². The summed E-state index contributed by atoms with van der Waals surface area (Å²) in [6, 6.07) is 3.61. The van der Waals surface area contributed by atoms with Gasteiger partial charge >= 0.3 is 0 Å². The molecule has 98 valence electrons. The van der Waals surface area contributed by atoms with Gasteiger partial charge in [0, 0.05) is 33.4 Å². The first-order chi connectivity index (χ1) is 8.66. The van der Waals surface area contributed by atoms with Gasteiger partial charge in [-0.15, -0.1) is 0 Å². The van der Waals surface area contributed by atoms with Crippen LogP contribution in [0.4, 0.5) is 5.82 Å². The Hall–Kier alpha value is -1.62. The maximum absolute atomic E-state index is 11.7. The van der Waals surface area contributed by atoms with E-state index in [0.717, 1.165) is 31.8 Å². The van der Waals surface area contributed by atoms with Crippen molar-refractivity contribution in [1.29, 1.82) is 0 Å². The summed E-state index contributed by atoms with van der Waals surface area (Å²) < 4.78 is 5.52. The van der Waals surface area contributed by atoms with Crippen LogP contribution >= 0.6 is 0 Å². The lowest BCUT2D eigenvalue weighted by molar-refractivity contribution is 0.0827. The van der Waals surface area contributed by atoms with Crippen molar-refractivity contribution in [2.24, 2.45) is 0 Å². The molecular formula is C13H19N3O2. The fourth-order valence-corrected chi connectivity index (χ4v) is 1.91. The molecule has 1 fully saturated rings. The number of rotatable bonds is 4. The van der Waals surface area contributed by atoms with Crippen molar-refractivity contribution in [2.75, 3.05) is 32.6 Å². The molecule has 5 heteroatoms. The SMILES string of the molecule is CN(C)C(=O)c1ccc(NC[C@H]2CCCO2)nc1. The standard InChI is InChI=1S/C13H19N3O2/c1-16(2)13(17)10-5-6-12(14-8-10)15-9-11-4-3-7-18-11/h5-6,8,11H,3-4,7,9H2,1-2H3,(H,14,15)/t11-/m1/s1. The first-order valence-corrected chi connectivity index (χ1v) is 6.20. The van der Waals surface area contributed by atoms with E-state index < -0.39 is 0 Å². The molecule has 0 bridgehead atoms. The van der Waals surface area contributed by atoms with Crippen LogP contribution in [-0.2, 0) is 4.74 Å². The zero-order valence-electron chi connectivity index (χ0n) is 10.8. The van der Waals surface area contributed by atoms with Crippen LogP contribution in [0.15, 0.2) is 18.3 Å². The number of pyridine rings is 1. The summed E-state index contributed by atoms with van der Waals surface area (Å²) >= 11 is 0. The summed E-state index contributed by atoms with van der Waals surface area (Å²) in [4.78, 5) is 17.4. The van der Waals surface area contributed by atoms with Crippen molar-refractivity contribution in [3.05, 3.63) is 23.9 Å². The molecule has 1 saturated heterocycles. The summed E-state index contributed by atoms with van der Waals surface area (Å²) in [5, 5.41) is 3.22. The normalized spacial score (nSPS) is 18.7. The molecule has 0 spiro atoms. The largest absolute Gasteiger partial charge is 0.376 e. The number of hydrogen-bond donors (Lipinski definition) is 1. The Balaban J connectivity index is 1.89. The van der Waals surface area contributed by atoms with E-state index in [1.165, 1.54) is 4.90 Å². The molecule has 0 unspecified atom stereocenters. The predicted octanol–water partition coefficient (Wildman–Crippen LogP) is 1.37. The smallest absolute Gasteiger partial charge is 0.254 e. The quantitative estimate of drug-likeness (QED) is 0.875. The van der Waals surface area contributed by atoms with Crippen LogP contribution in [-0.4, -0.2) is 49.1 Å². The highest BCUT2D eigenvalue weighted by Gasteiger charge is 2.15. The summed E-state index contributed by atoms with van der Waals surface area (Å²) in [5.74, 6) is 0.744. The molecule has 18 heavy (non-hydrogen) atoms. The first-order valence-electron chi connectivity index (χ1n) is 6.20. The molecule has 1 aromatic rings. The molecule has 0 aromatic carbocycles. The van der Waals surface area contributed by atoms with Crippen LogP contribution in [0.3, 0.4) is 0 Å². The first kappa shape index (κ1) is 12.8. The second-order valence-electron chi connectivity index (χ2n) is 4.65. The van der Waals surface area contributed by atoms with Gasteiger partial charge in [-0.25, -0.2) is 4.98 Å². The number of nitrogens with one attached hydrogen (secondary N) is 1. The summed E-state index contributed by atoms with van der Waals surface area (Å²) in [6.45, 7) is 1.63. The molecule has 1 aromatic heterocycles. The number of carbonyl (C=O) groups is 1. The molecule has 1 aliphatic rings. The molecule has 1 aliphatic heterocycles. The second kappa shape index (κ2) is 5.82. The number of aromatic nitrogens is 1. The van der Waals surface area contributed by atoms with E-state index in [1.807, 2.05) is 6.07 Å². The molecule has 0 saturated carbocycles. The Labute approximate surface area is 107 Å². The zero-order valence-corrected chi connectivity index (χ0v) is 10.8. The minimum Gasteiger partial charge on any atom is -0.376 e. The van der Waals surface area contributed by atoms with Gasteiger partial charge in [-0.1, -0.05) is 0 Å². The van der Waals surface area contributed by atoms with E-state index in [4.69, 9.17) is 4.74 Å². The Morgan fingerprint density at radius 2 is 2.39 bits per heavy atom.